The third-order valence-corrected chi connectivity index (χ3v) is 6.12. The van der Waals surface area contributed by atoms with Crippen LogP contribution in [0.25, 0.3) is 0 Å². The summed E-state index contributed by atoms with van der Waals surface area (Å²) in [4.78, 5) is 17.1. The summed E-state index contributed by atoms with van der Waals surface area (Å²) < 4.78 is 6.40. The van der Waals surface area contributed by atoms with E-state index in [-0.39, 0.29) is 18.3 Å². The van der Waals surface area contributed by atoms with Crippen LogP contribution in [0.2, 0.25) is 0 Å². The maximum absolute atomic E-state index is 12.7. The monoisotopic (exact) mass is 401 g/mol. The molecule has 2 fully saturated rings. The molecule has 1 amide bonds. The van der Waals surface area contributed by atoms with E-state index >= 15 is 0 Å². The van der Waals surface area contributed by atoms with Crippen LogP contribution in [-0.4, -0.2) is 74.8 Å². The summed E-state index contributed by atoms with van der Waals surface area (Å²) >= 11 is 0. The van der Waals surface area contributed by atoms with Crippen molar-refractivity contribution < 1.29 is 26.4 Å². The molecule has 5 nitrogen and oxygen atoms in total. The van der Waals surface area contributed by atoms with Gasteiger partial charge in [0, 0.05) is 11.3 Å². The molecule has 0 N–H and O–H groups in total. The third-order valence-electron chi connectivity index (χ3n) is 6.12. The minimum absolute atomic E-state index is 0. The van der Waals surface area contributed by atoms with E-state index in [4.69, 9.17) is 4.74 Å². The third kappa shape index (κ3) is 4.26. The van der Waals surface area contributed by atoms with Gasteiger partial charge >= 0.3 is 0 Å². The van der Waals surface area contributed by atoms with Crippen molar-refractivity contribution in [3.8, 4) is 5.75 Å². The molecule has 2 aromatic carbocycles. The van der Waals surface area contributed by atoms with Crippen molar-refractivity contribution in [2.75, 3.05) is 64.4 Å². The maximum Gasteiger partial charge on any atom is 0.254 e. The molecule has 2 aromatic rings. The fraction of sp³-hybridized carbons (Fsp3) is 0.409. The molecular weight excluding hydrogens is 374 g/mol. The first-order valence-corrected chi connectivity index (χ1v) is 9.78. The molecule has 2 aliphatic rings. The van der Waals surface area contributed by atoms with Crippen LogP contribution in [0.5, 0.6) is 5.75 Å². The lowest BCUT2D eigenvalue weighted by Gasteiger charge is -2.49. The number of quaternary nitrogens is 1. The highest BCUT2D eigenvalue weighted by Crippen LogP contribution is 2.24. The van der Waals surface area contributed by atoms with Gasteiger partial charge in [0.25, 0.3) is 5.91 Å². The van der Waals surface area contributed by atoms with Crippen LogP contribution in [0.15, 0.2) is 54.6 Å². The van der Waals surface area contributed by atoms with Gasteiger partial charge in [-0.2, -0.15) is 0 Å². The zero-order chi connectivity index (χ0) is 18.7. The molecule has 1 spiro atoms. The number of carbonyl (C=O) groups is 1. The largest absolute Gasteiger partial charge is 1.00 e. The van der Waals surface area contributed by atoms with Crippen molar-refractivity contribution in [1.29, 1.82) is 0 Å². The number of rotatable bonds is 3. The van der Waals surface area contributed by atoms with Gasteiger partial charge in [0.2, 0.25) is 0 Å². The van der Waals surface area contributed by atoms with Gasteiger partial charge in [-0.3, -0.25) is 4.79 Å². The second kappa shape index (κ2) is 8.84. The lowest BCUT2D eigenvalue weighted by Crippen LogP contribution is -3.00. The zero-order valence-electron chi connectivity index (χ0n) is 16.4. The summed E-state index contributed by atoms with van der Waals surface area (Å²) in [6.45, 7) is 8.29. The van der Waals surface area contributed by atoms with Crippen LogP contribution >= 0.6 is 0 Å². The van der Waals surface area contributed by atoms with Gasteiger partial charge in [0.1, 0.15) is 5.75 Å². The highest BCUT2D eigenvalue weighted by atomic mass is 35.5. The second-order valence-electron chi connectivity index (χ2n) is 7.58. The van der Waals surface area contributed by atoms with Crippen LogP contribution < -0.4 is 22.0 Å². The lowest BCUT2D eigenvalue weighted by molar-refractivity contribution is -0.932. The number of methoxy groups -OCH3 is 1. The van der Waals surface area contributed by atoms with Crippen molar-refractivity contribution in [2.45, 2.75) is 0 Å². The number of nitrogens with zero attached hydrogens (tertiary/aromatic N) is 3. The number of hydrogen-bond acceptors (Lipinski definition) is 3. The van der Waals surface area contributed by atoms with Gasteiger partial charge < -0.3 is 31.4 Å². The van der Waals surface area contributed by atoms with Crippen molar-refractivity contribution in [2.24, 2.45) is 0 Å². The normalized spacial score (nSPS) is 18.5. The van der Waals surface area contributed by atoms with E-state index < -0.39 is 0 Å². The van der Waals surface area contributed by atoms with Gasteiger partial charge in [-0.15, -0.1) is 0 Å². The molecule has 2 aliphatic heterocycles. The molecule has 28 heavy (non-hydrogen) atoms. The van der Waals surface area contributed by atoms with E-state index in [9.17, 15) is 4.79 Å². The molecule has 0 saturated carbocycles. The Morgan fingerprint density at radius 2 is 1.43 bits per heavy atom. The summed E-state index contributed by atoms with van der Waals surface area (Å²) in [5.74, 6) is 1.07. The summed E-state index contributed by atoms with van der Waals surface area (Å²) in [5.41, 5.74) is 2.07. The van der Waals surface area contributed by atoms with E-state index in [1.807, 2.05) is 47.4 Å². The summed E-state index contributed by atoms with van der Waals surface area (Å²) in [6.07, 6.45) is 0. The molecule has 150 valence electrons. The van der Waals surface area contributed by atoms with Crippen molar-refractivity contribution in [3.05, 3.63) is 60.2 Å². The predicted molar refractivity (Wildman–Crippen MR) is 107 cm³/mol. The number of halogens is 1. The first kappa shape index (κ1) is 20.5. The Labute approximate surface area is 173 Å². The van der Waals surface area contributed by atoms with E-state index in [1.54, 1.807) is 7.11 Å². The molecule has 0 radical (unpaired) electrons. The molecule has 2 heterocycles. The first-order valence-electron chi connectivity index (χ1n) is 9.78. The minimum atomic E-state index is 0. The Kier molecular flexibility index (Phi) is 6.47. The van der Waals surface area contributed by atoms with E-state index in [0.29, 0.717) is 0 Å². The molecular formula is C22H28ClN3O2. The molecule has 0 unspecified atom stereocenters. The van der Waals surface area contributed by atoms with Gasteiger partial charge in [-0.1, -0.05) is 18.2 Å². The average molecular weight is 402 g/mol. The fourth-order valence-corrected chi connectivity index (χ4v) is 4.24. The van der Waals surface area contributed by atoms with Crippen LogP contribution in [-0.2, 0) is 0 Å². The molecule has 4 rings (SSSR count). The van der Waals surface area contributed by atoms with Gasteiger partial charge in [0.15, 0.2) is 0 Å². The highest BCUT2D eigenvalue weighted by Gasteiger charge is 2.37. The lowest BCUT2D eigenvalue weighted by atomic mass is 10.1. The quantitative estimate of drug-likeness (QED) is 0.650. The Morgan fingerprint density at radius 3 is 2.00 bits per heavy atom. The van der Waals surface area contributed by atoms with Crippen LogP contribution in [0.1, 0.15) is 10.4 Å². The summed E-state index contributed by atoms with van der Waals surface area (Å²) in [6, 6.07) is 18.0. The van der Waals surface area contributed by atoms with Crippen LogP contribution in [0, 0.1) is 0 Å². The standard InChI is InChI=1S/C22H28N3O2.ClH/c1-27-21-9-7-20(8-10-21)23-11-15-25(16-12-23)17-13-24(14-18-25)22(26)19-5-3-2-4-6-19;/h2-10H,11-18H2,1H3;1H/q+1;/p-1. The van der Waals surface area contributed by atoms with E-state index in [1.165, 1.54) is 5.69 Å². The number of ether oxygens (including phenoxy) is 1. The Bertz CT molecular complexity index is 764. The summed E-state index contributed by atoms with van der Waals surface area (Å²) in [5, 5.41) is 0. The minimum Gasteiger partial charge on any atom is -1.00 e. The number of piperazine rings is 2. The Morgan fingerprint density at radius 1 is 0.857 bits per heavy atom. The topological polar surface area (TPSA) is 32.8 Å². The fourth-order valence-electron chi connectivity index (χ4n) is 4.24. The highest BCUT2D eigenvalue weighted by molar-refractivity contribution is 5.94. The molecule has 0 atom stereocenters. The number of anilines is 1. The number of benzene rings is 2. The Hall–Kier alpha value is -2.24. The smallest absolute Gasteiger partial charge is 0.254 e. The number of hydrogen-bond donors (Lipinski definition) is 0. The first-order chi connectivity index (χ1) is 13.2. The molecule has 0 aliphatic carbocycles. The van der Waals surface area contributed by atoms with Crippen LogP contribution in [0.3, 0.4) is 0 Å². The predicted octanol–water partition coefficient (Wildman–Crippen LogP) is -0.508. The Balaban J connectivity index is 0.00000225. The maximum atomic E-state index is 12.7. The molecule has 0 aromatic heterocycles. The number of amides is 1. The molecule has 6 heteroatoms. The SMILES string of the molecule is COc1ccc(N2CC[N+]3(CCN(C(=O)c4ccccc4)CC3)CC2)cc1.[Cl-]. The van der Waals surface area contributed by atoms with E-state index in [0.717, 1.165) is 68.2 Å². The molecule has 2 saturated heterocycles. The van der Waals surface area contributed by atoms with Gasteiger partial charge in [-0.05, 0) is 36.4 Å². The zero-order valence-corrected chi connectivity index (χ0v) is 17.1. The average Bonchev–Trinajstić information content (AvgIpc) is 2.75. The second-order valence-corrected chi connectivity index (χ2v) is 7.58. The van der Waals surface area contributed by atoms with Crippen molar-refractivity contribution in [3.63, 3.8) is 0 Å². The van der Waals surface area contributed by atoms with E-state index in [2.05, 4.69) is 17.0 Å². The van der Waals surface area contributed by atoms with Crippen molar-refractivity contribution >= 4 is 11.6 Å². The summed E-state index contributed by atoms with van der Waals surface area (Å²) in [7, 11) is 1.70. The van der Waals surface area contributed by atoms with Crippen molar-refractivity contribution in [1.82, 2.24) is 4.90 Å². The van der Waals surface area contributed by atoms with Crippen LogP contribution in [0.4, 0.5) is 5.69 Å². The number of carbonyl (C=O) groups excluding carboxylic acids is 1. The molecule has 0 bridgehead atoms. The van der Waals surface area contributed by atoms with Gasteiger partial charge in [-0.25, -0.2) is 0 Å². The van der Waals surface area contributed by atoms with Gasteiger partial charge in [0.05, 0.1) is 59.5 Å².